The average Bonchev–Trinajstić information content (AvgIpc) is 3.91. The van der Waals surface area contributed by atoms with Crippen LogP contribution in [-0.2, 0) is 37.5 Å². The van der Waals surface area contributed by atoms with Crippen LogP contribution in [0.1, 0.15) is 82.6 Å². The second-order valence-electron chi connectivity index (χ2n) is 16.7. The molecule has 0 aliphatic carbocycles. The van der Waals surface area contributed by atoms with Crippen molar-refractivity contribution >= 4 is 40.6 Å². The normalized spacial score (nSPS) is 14.3. The number of hydrogen-bond donors (Lipinski definition) is 5. The number of carbonyl (C=O) groups excluding carboxylic acids is 4. The Morgan fingerprint density at radius 3 is 2.23 bits per heavy atom. The molecule has 0 radical (unpaired) electrons. The number of hydrogen-bond acceptors (Lipinski definition) is 8. The number of fused-ring (bicyclic) bond motifs is 1. The highest BCUT2D eigenvalue weighted by atomic mass is 16.6. The van der Waals surface area contributed by atoms with Crippen molar-refractivity contribution in [3.05, 3.63) is 120 Å². The quantitative estimate of drug-likeness (QED) is 0.0528. The molecule has 14 heteroatoms. The van der Waals surface area contributed by atoms with E-state index in [1.54, 1.807) is 40.8 Å². The van der Waals surface area contributed by atoms with E-state index < -0.39 is 41.1 Å². The molecule has 3 aromatic carbocycles. The molecule has 0 saturated carbocycles. The largest absolute Gasteiger partial charge is 0.458 e. The highest BCUT2D eigenvalue weighted by Crippen LogP contribution is 2.28. The lowest BCUT2D eigenvalue weighted by Crippen LogP contribution is -2.52. The van der Waals surface area contributed by atoms with Crippen molar-refractivity contribution < 1.29 is 28.7 Å². The highest BCUT2D eigenvalue weighted by molar-refractivity contribution is 5.91. The predicted octanol–water partition coefficient (Wildman–Crippen LogP) is 6.91. The summed E-state index contributed by atoms with van der Waals surface area (Å²) in [7, 11) is 0. The van der Waals surface area contributed by atoms with Crippen molar-refractivity contribution in [1.29, 1.82) is 0 Å². The van der Waals surface area contributed by atoms with Crippen LogP contribution in [0.4, 0.5) is 15.3 Å². The zero-order valence-corrected chi connectivity index (χ0v) is 35.3. The Hall–Kier alpha value is -6.31. The number of ether oxygens (including phenoxy) is 2. The Morgan fingerprint density at radius 2 is 1.52 bits per heavy atom. The summed E-state index contributed by atoms with van der Waals surface area (Å²) in [6.07, 6.45) is 4.86. The Balaban J connectivity index is 1.11. The van der Waals surface area contributed by atoms with Gasteiger partial charge in [-0.2, -0.15) is 0 Å². The van der Waals surface area contributed by atoms with E-state index in [9.17, 15) is 19.2 Å². The molecular weight excluding hydrogens is 761 g/mol. The van der Waals surface area contributed by atoms with Gasteiger partial charge in [-0.1, -0.05) is 66.7 Å². The third-order valence-corrected chi connectivity index (χ3v) is 10.6. The van der Waals surface area contributed by atoms with E-state index in [4.69, 9.17) is 14.5 Å². The number of nitrogens with zero attached hydrogens (tertiary/aromatic N) is 3. The summed E-state index contributed by atoms with van der Waals surface area (Å²) in [6, 6.07) is 25.9. The van der Waals surface area contributed by atoms with Gasteiger partial charge >= 0.3 is 18.1 Å². The Kier molecular flexibility index (Phi) is 14.2. The average molecular weight is 819 g/mol. The molecule has 0 bridgehead atoms. The molecule has 2 aromatic heterocycles. The predicted molar refractivity (Wildman–Crippen MR) is 231 cm³/mol. The third kappa shape index (κ3) is 11.7. The summed E-state index contributed by atoms with van der Waals surface area (Å²) in [5.74, 6) is -0.436. The van der Waals surface area contributed by atoms with Gasteiger partial charge in [-0.3, -0.25) is 4.79 Å². The van der Waals surface area contributed by atoms with Crippen LogP contribution in [0.2, 0.25) is 0 Å². The number of anilines is 1. The number of urea groups is 1. The minimum Gasteiger partial charge on any atom is -0.458 e. The first kappa shape index (κ1) is 43.3. The minimum atomic E-state index is -1.15. The van der Waals surface area contributed by atoms with Crippen LogP contribution in [0.15, 0.2) is 97.3 Å². The van der Waals surface area contributed by atoms with Crippen LogP contribution in [0.25, 0.3) is 10.9 Å². The lowest BCUT2D eigenvalue weighted by atomic mass is 9.88. The first-order valence-electron chi connectivity index (χ1n) is 20.7. The van der Waals surface area contributed by atoms with E-state index in [2.05, 4.69) is 43.0 Å². The first-order chi connectivity index (χ1) is 28.8. The lowest BCUT2D eigenvalue weighted by molar-refractivity contribution is -0.159. The highest BCUT2D eigenvalue weighted by Gasteiger charge is 2.37. The monoisotopic (exact) mass is 818 g/mol. The Labute approximate surface area is 351 Å². The Bertz CT molecular complexity index is 2190. The van der Waals surface area contributed by atoms with Gasteiger partial charge in [-0.25, -0.2) is 19.4 Å². The van der Waals surface area contributed by atoms with Crippen molar-refractivity contribution in [2.45, 2.75) is 90.0 Å². The van der Waals surface area contributed by atoms with Gasteiger partial charge in [0.05, 0.1) is 11.5 Å². The SMILES string of the molecule is CC(C)(C)OC(=O)C(CCCCNC(=O)OCc1ccccc1)NC(=O)C(C)(C)c1cnc(C(Cc2c[nH]c3ccccc23)NC(=O)N2CCN(c3ccccc3)CC2)[nH]1. The van der Waals surface area contributed by atoms with Gasteiger partial charge in [0, 0.05) is 73.8 Å². The molecule has 1 saturated heterocycles. The number of amides is 4. The van der Waals surface area contributed by atoms with Crippen molar-refractivity contribution in [1.82, 2.24) is 35.8 Å². The number of H-pyrrole nitrogens is 2. The molecule has 1 aliphatic rings. The summed E-state index contributed by atoms with van der Waals surface area (Å²) >= 11 is 0. The summed E-state index contributed by atoms with van der Waals surface area (Å²) < 4.78 is 11.0. The number of piperazine rings is 1. The molecule has 2 atom stereocenters. The van der Waals surface area contributed by atoms with Crippen LogP contribution < -0.4 is 20.9 Å². The molecule has 2 unspecified atom stereocenters. The zero-order valence-electron chi connectivity index (χ0n) is 35.3. The molecule has 3 heterocycles. The molecule has 0 spiro atoms. The fourth-order valence-corrected chi connectivity index (χ4v) is 7.14. The number of imidazole rings is 1. The number of aromatic amines is 2. The standard InChI is InChI=1S/C46H58N8O6/c1-45(2,3)60-41(55)37(22-14-15-23-47-44(58)59-31-32-16-8-6-9-17-32)50-42(56)46(4,5)39-30-49-40(52-39)38(28-33-29-48-36-21-13-12-20-35(33)36)51-43(57)54-26-24-53(25-27-54)34-18-10-7-11-19-34/h6-13,16-21,29-30,37-38,48H,14-15,22-28,31H2,1-5H3,(H,47,58)(H,49,52)(H,50,56)(H,51,57). The van der Waals surface area contributed by atoms with Crippen LogP contribution in [0, 0.1) is 0 Å². The van der Waals surface area contributed by atoms with Crippen LogP contribution in [0.5, 0.6) is 0 Å². The van der Waals surface area contributed by atoms with Crippen LogP contribution >= 0.6 is 0 Å². The number of nitrogens with one attached hydrogen (secondary N) is 5. The fraction of sp³-hybridized carbons (Fsp3) is 0.413. The van der Waals surface area contributed by atoms with Crippen molar-refractivity contribution in [2.75, 3.05) is 37.6 Å². The number of para-hydroxylation sites is 2. The van der Waals surface area contributed by atoms with E-state index in [0.29, 0.717) is 69.9 Å². The van der Waals surface area contributed by atoms with Gasteiger partial charge in [-0.05, 0) is 83.2 Å². The summed E-state index contributed by atoms with van der Waals surface area (Å²) in [5.41, 5.74) is 2.62. The molecule has 5 aromatic rings. The van der Waals surface area contributed by atoms with Crippen molar-refractivity contribution in [2.24, 2.45) is 0 Å². The number of esters is 1. The summed E-state index contributed by atoms with van der Waals surface area (Å²) in [4.78, 5) is 69.1. The molecule has 318 valence electrons. The maximum atomic E-state index is 14.1. The molecular formula is C46H58N8O6. The van der Waals surface area contributed by atoms with Gasteiger partial charge in [0.15, 0.2) is 0 Å². The minimum absolute atomic E-state index is 0.166. The van der Waals surface area contributed by atoms with Gasteiger partial charge in [0.1, 0.15) is 24.1 Å². The van der Waals surface area contributed by atoms with E-state index in [-0.39, 0.29) is 12.6 Å². The number of carbonyl (C=O) groups is 4. The second-order valence-corrected chi connectivity index (χ2v) is 16.7. The fourth-order valence-electron chi connectivity index (χ4n) is 7.14. The van der Waals surface area contributed by atoms with Crippen molar-refractivity contribution in [3.63, 3.8) is 0 Å². The molecule has 1 aliphatic heterocycles. The number of rotatable bonds is 16. The number of unbranched alkanes of at least 4 members (excludes halogenated alkanes) is 1. The topological polar surface area (TPSA) is 174 Å². The number of benzene rings is 3. The van der Waals surface area contributed by atoms with Crippen LogP contribution in [-0.4, -0.2) is 88.2 Å². The van der Waals surface area contributed by atoms with Gasteiger partial charge < -0.3 is 45.2 Å². The maximum Gasteiger partial charge on any atom is 0.407 e. The van der Waals surface area contributed by atoms with E-state index in [0.717, 1.165) is 27.7 Å². The molecule has 6 rings (SSSR count). The summed E-state index contributed by atoms with van der Waals surface area (Å²) in [5, 5.41) is 9.98. The first-order valence-corrected chi connectivity index (χ1v) is 20.7. The van der Waals surface area contributed by atoms with E-state index in [1.165, 1.54) is 0 Å². The van der Waals surface area contributed by atoms with E-state index >= 15 is 0 Å². The number of aromatic nitrogens is 3. The lowest BCUT2D eigenvalue weighted by Gasteiger charge is -2.36. The van der Waals surface area contributed by atoms with Gasteiger partial charge in [-0.15, -0.1) is 0 Å². The molecule has 14 nitrogen and oxygen atoms in total. The maximum absolute atomic E-state index is 14.1. The molecule has 5 N–H and O–H groups in total. The van der Waals surface area contributed by atoms with Crippen LogP contribution in [0.3, 0.4) is 0 Å². The Morgan fingerprint density at radius 1 is 0.833 bits per heavy atom. The zero-order chi connectivity index (χ0) is 42.7. The molecule has 1 fully saturated rings. The van der Waals surface area contributed by atoms with E-state index in [1.807, 2.05) is 83.9 Å². The third-order valence-electron chi connectivity index (χ3n) is 10.6. The second kappa shape index (κ2) is 19.6. The summed E-state index contributed by atoms with van der Waals surface area (Å²) in [6.45, 7) is 11.9. The number of alkyl carbamates (subject to hydrolysis) is 1. The molecule has 4 amide bonds. The molecule has 60 heavy (non-hydrogen) atoms. The van der Waals surface area contributed by atoms with Crippen molar-refractivity contribution in [3.8, 4) is 0 Å². The van der Waals surface area contributed by atoms with Gasteiger partial charge in [0.2, 0.25) is 5.91 Å². The van der Waals surface area contributed by atoms with Gasteiger partial charge in [0.25, 0.3) is 0 Å². The smallest absolute Gasteiger partial charge is 0.407 e.